The van der Waals surface area contributed by atoms with Crippen LogP contribution in [0.1, 0.15) is 12.2 Å². The summed E-state index contributed by atoms with van der Waals surface area (Å²) in [7, 11) is 0. The Morgan fingerprint density at radius 2 is 1.76 bits per heavy atom. The number of nitrogens with zero attached hydrogens (tertiary/aromatic N) is 4. The third kappa shape index (κ3) is 3.87. The normalized spacial score (nSPS) is 11.2. The number of aromatic nitrogens is 4. The minimum Gasteiger partial charge on any atom is -0.325 e. The van der Waals surface area contributed by atoms with E-state index in [9.17, 15) is 14.0 Å². The van der Waals surface area contributed by atoms with E-state index in [1.807, 2.05) is 42.5 Å². The van der Waals surface area contributed by atoms with Crippen LogP contribution in [-0.4, -0.2) is 25.2 Å². The molecule has 2 aromatic heterocycles. The van der Waals surface area contributed by atoms with Crippen LogP contribution in [0.15, 0.2) is 77.7 Å². The number of aryl methyl sites for hydroxylation is 1. The predicted octanol–water partition coefficient (Wildman–Crippen LogP) is 4.21. The molecule has 5 aromatic rings. The maximum atomic E-state index is 13.3. The van der Waals surface area contributed by atoms with Crippen LogP contribution in [0.5, 0.6) is 0 Å². The van der Waals surface area contributed by atoms with E-state index in [0.29, 0.717) is 22.5 Å². The standard InChI is InChI=1S/C25H20FN5O2/c1-16-28-24-21(15-27-31(24)19-11-9-18(26)10-12-19)25(33)30(16)14-13-23(32)29-22-8-4-6-17-5-2-3-7-20(17)22/h2-12,15H,13-14H2,1H3,(H,29,32). The molecule has 0 aliphatic heterocycles. The molecule has 0 atom stereocenters. The first kappa shape index (κ1) is 20.6. The quantitative estimate of drug-likeness (QED) is 0.443. The van der Waals surface area contributed by atoms with Gasteiger partial charge in [0.25, 0.3) is 5.56 Å². The van der Waals surface area contributed by atoms with Gasteiger partial charge in [-0.3, -0.25) is 14.2 Å². The van der Waals surface area contributed by atoms with Gasteiger partial charge in [0.2, 0.25) is 5.91 Å². The molecular formula is C25H20FN5O2. The van der Waals surface area contributed by atoms with E-state index in [2.05, 4.69) is 15.4 Å². The smallest absolute Gasteiger partial charge is 0.264 e. The molecule has 0 saturated heterocycles. The van der Waals surface area contributed by atoms with E-state index in [0.717, 1.165) is 16.5 Å². The lowest BCUT2D eigenvalue weighted by Crippen LogP contribution is -2.26. The number of nitrogens with one attached hydrogen (secondary N) is 1. The third-order valence-electron chi connectivity index (χ3n) is 5.58. The molecule has 0 fully saturated rings. The highest BCUT2D eigenvalue weighted by molar-refractivity contribution is 6.02. The van der Waals surface area contributed by atoms with Gasteiger partial charge in [-0.15, -0.1) is 0 Å². The van der Waals surface area contributed by atoms with Crippen LogP contribution in [-0.2, 0) is 11.3 Å². The SMILES string of the molecule is Cc1nc2c(cnn2-c2ccc(F)cc2)c(=O)n1CCC(=O)Nc1cccc2ccccc12. The monoisotopic (exact) mass is 441 g/mol. The van der Waals surface area contributed by atoms with Crippen LogP contribution in [0.4, 0.5) is 10.1 Å². The molecule has 5 rings (SSSR count). The molecule has 0 saturated carbocycles. The lowest BCUT2D eigenvalue weighted by Gasteiger charge is -2.12. The molecule has 2 heterocycles. The molecule has 1 amide bonds. The van der Waals surface area contributed by atoms with E-state index >= 15 is 0 Å². The molecule has 164 valence electrons. The number of carbonyl (C=O) groups excluding carboxylic acids is 1. The lowest BCUT2D eigenvalue weighted by atomic mass is 10.1. The van der Waals surface area contributed by atoms with E-state index in [4.69, 9.17) is 0 Å². The zero-order valence-corrected chi connectivity index (χ0v) is 17.8. The van der Waals surface area contributed by atoms with Crippen molar-refractivity contribution in [1.82, 2.24) is 19.3 Å². The summed E-state index contributed by atoms with van der Waals surface area (Å²) in [6.07, 6.45) is 1.56. The van der Waals surface area contributed by atoms with Gasteiger partial charge in [0, 0.05) is 24.0 Å². The van der Waals surface area contributed by atoms with Gasteiger partial charge >= 0.3 is 0 Å². The number of carbonyl (C=O) groups is 1. The van der Waals surface area contributed by atoms with Crippen LogP contribution < -0.4 is 10.9 Å². The fourth-order valence-corrected chi connectivity index (χ4v) is 3.90. The van der Waals surface area contributed by atoms with Gasteiger partial charge in [0.15, 0.2) is 5.65 Å². The van der Waals surface area contributed by atoms with Gasteiger partial charge in [-0.05, 0) is 42.6 Å². The van der Waals surface area contributed by atoms with Crippen LogP contribution >= 0.6 is 0 Å². The number of fused-ring (bicyclic) bond motifs is 2. The van der Waals surface area contributed by atoms with Crippen molar-refractivity contribution in [2.24, 2.45) is 0 Å². The van der Waals surface area contributed by atoms with Crippen molar-refractivity contribution < 1.29 is 9.18 Å². The summed E-state index contributed by atoms with van der Waals surface area (Å²) in [6, 6.07) is 19.3. The average Bonchev–Trinajstić information content (AvgIpc) is 3.23. The Labute approximate surface area is 188 Å². The van der Waals surface area contributed by atoms with E-state index in [-0.39, 0.29) is 30.2 Å². The van der Waals surface area contributed by atoms with Crippen molar-refractivity contribution >= 4 is 33.4 Å². The van der Waals surface area contributed by atoms with E-state index in [1.165, 1.54) is 27.6 Å². The second-order valence-corrected chi connectivity index (χ2v) is 7.71. The van der Waals surface area contributed by atoms with Crippen molar-refractivity contribution in [2.45, 2.75) is 19.9 Å². The predicted molar refractivity (Wildman–Crippen MR) is 125 cm³/mol. The van der Waals surface area contributed by atoms with E-state index in [1.54, 1.807) is 19.1 Å². The Morgan fingerprint density at radius 1 is 1.00 bits per heavy atom. The number of amides is 1. The molecule has 0 unspecified atom stereocenters. The zero-order valence-electron chi connectivity index (χ0n) is 17.8. The Bertz CT molecular complexity index is 1550. The lowest BCUT2D eigenvalue weighted by molar-refractivity contribution is -0.116. The molecule has 0 aliphatic carbocycles. The summed E-state index contributed by atoms with van der Waals surface area (Å²) in [5, 5.41) is 9.52. The summed E-state index contributed by atoms with van der Waals surface area (Å²) in [6.45, 7) is 1.90. The van der Waals surface area contributed by atoms with Crippen molar-refractivity contribution in [3.05, 3.63) is 94.9 Å². The maximum Gasteiger partial charge on any atom is 0.264 e. The maximum absolute atomic E-state index is 13.3. The molecule has 0 radical (unpaired) electrons. The first-order chi connectivity index (χ1) is 16.0. The molecule has 1 N–H and O–H groups in total. The van der Waals surface area contributed by atoms with Gasteiger partial charge in [-0.2, -0.15) is 5.10 Å². The fourth-order valence-electron chi connectivity index (χ4n) is 3.90. The molecule has 0 bridgehead atoms. The molecular weight excluding hydrogens is 421 g/mol. The van der Waals surface area contributed by atoms with Crippen molar-refractivity contribution in [2.75, 3.05) is 5.32 Å². The number of benzene rings is 3. The number of rotatable bonds is 5. The number of hydrogen-bond acceptors (Lipinski definition) is 4. The van der Waals surface area contributed by atoms with Gasteiger partial charge in [-0.1, -0.05) is 36.4 Å². The van der Waals surface area contributed by atoms with E-state index < -0.39 is 0 Å². The highest BCUT2D eigenvalue weighted by Gasteiger charge is 2.15. The van der Waals surface area contributed by atoms with Crippen LogP contribution in [0.3, 0.4) is 0 Å². The summed E-state index contributed by atoms with van der Waals surface area (Å²) in [4.78, 5) is 30.2. The summed E-state index contributed by atoms with van der Waals surface area (Å²) >= 11 is 0. The average molecular weight is 441 g/mol. The first-order valence-corrected chi connectivity index (χ1v) is 10.5. The largest absolute Gasteiger partial charge is 0.325 e. The number of hydrogen-bond donors (Lipinski definition) is 1. The first-order valence-electron chi connectivity index (χ1n) is 10.5. The highest BCUT2D eigenvalue weighted by atomic mass is 19.1. The van der Waals surface area contributed by atoms with Crippen LogP contribution in [0.2, 0.25) is 0 Å². The Kier molecular flexibility index (Phi) is 5.18. The molecule has 0 spiro atoms. The second kappa shape index (κ2) is 8.31. The Hall–Kier alpha value is -4.33. The van der Waals surface area contributed by atoms with Crippen LogP contribution in [0, 0.1) is 12.7 Å². The summed E-state index contributed by atoms with van der Waals surface area (Å²) in [5.41, 5.74) is 1.45. The van der Waals surface area contributed by atoms with Gasteiger partial charge in [0.05, 0.1) is 11.9 Å². The van der Waals surface area contributed by atoms with Gasteiger partial charge in [-0.25, -0.2) is 14.1 Å². The summed E-state index contributed by atoms with van der Waals surface area (Å²) in [5.74, 6) is -0.0856. The molecule has 3 aromatic carbocycles. The third-order valence-corrected chi connectivity index (χ3v) is 5.58. The number of anilines is 1. The van der Waals surface area contributed by atoms with Crippen molar-refractivity contribution in [1.29, 1.82) is 0 Å². The number of halogens is 1. The van der Waals surface area contributed by atoms with Crippen molar-refractivity contribution in [3.8, 4) is 5.69 Å². The minimum absolute atomic E-state index is 0.114. The molecule has 7 nitrogen and oxygen atoms in total. The highest BCUT2D eigenvalue weighted by Crippen LogP contribution is 2.23. The summed E-state index contributed by atoms with van der Waals surface area (Å²) < 4.78 is 16.2. The van der Waals surface area contributed by atoms with Crippen molar-refractivity contribution in [3.63, 3.8) is 0 Å². The van der Waals surface area contributed by atoms with Crippen LogP contribution in [0.25, 0.3) is 27.5 Å². The zero-order chi connectivity index (χ0) is 22.9. The fraction of sp³-hybridized carbons (Fsp3) is 0.120. The topological polar surface area (TPSA) is 81.8 Å². The minimum atomic E-state index is -0.358. The van der Waals surface area contributed by atoms with Gasteiger partial charge < -0.3 is 5.32 Å². The molecule has 8 heteroatoms. The Morgan fingerprint density at radius 3 is 2.58 bits per heavy atom. The second-order valence-electron chi connectivity index (χ2n) is 7.71. The van der Waals surface area contributed by atoms with Gasteiger partial charge in [0.1, 0.15) is 17.0 Å². The molecule has 0 aliphatic rings. The molecule has 33 heavy (non-hydrogen) atoms. The Balaban J connectivity index is 1.38.